The van der Waals surface area contributed by atoms with Crippen LogP contribution in [0.1, 0.15) is 12.0 Å². The number of halogens is 1. The molecule has 0 spiro atoms. The molecule has 2 amide bonds. The molecule has 1 aromatic rings. The third-order valence-electron chi connectivity index (χ3n) is 3.41. The highest BCUT2D eigenvalue weighted by molar-refractivity contribution is 7.99. The van der Waals surface area contributed by atoms with Crippen LogP contribution in [0.15, 0.2) is 18.2 Å². The maximum Gasteiger partial charge on any atom is 0.322 e. The molecule has 0 saturated carbocycles. The summed E-state index contributed by atoms with van der Waals surface area (Å²) >= 11 is 1.63. The Morgan fingerprint density at radius 2 is 2.29 bits per heavy atom. The molecule has 0 radical (unpaired) electrons. The van der Waals surface area contributed by atoms with Gasteiger partial charge in [0.2, 0.25) is 0 Å². The van der Waals surface area contributed by atoms with Crippen LogP contribution >= 0.6 is 11.8 Å². The normalized spacial score (nSPS) is 18.4. The van der Waals surface area contributed by atoms with Gasteiger partial charge in [0, 0.05) is 29.3 Å². The van der Waals surface area contributed by atoms with Crippen molar-refractivity contribution < 1.29 is 19.1 Å². The Hall–Kier alpha value is -1.76. The van der Waals surface area contributed by atoms with Crippen molar-refractivity contribution in [2.75, 3.05) is 23.4 Å². The maximum atomic E-state index is 13.5. The molecule has 21 heavy (non-hydrogen) atoms. The molecule has 1 fully saturated rings. The average molecular weight is 312 g/mol. The SMILES string of the molecule is Cc1c(F)cccc1NC(=O)N1CCSCC1CC(=O)O. The molecule has 1 aliphatic rings. The molecule has 2 N–H and O–H groups in total. The van der Waals surface area contributed by atoms with Crippen LogP contribution in [0.5, 0.6) is 0 Å². The topological polar surface area (TPSA) is 69.6 Å². The number of carboxylic acids is 1. The molecule has 1 aromatic carbocycles. The number of carbonyl (C=O) groups excluding carboxylic acids is 1. The van der Waals surface area contributed by atoms with Crippen molar-refractivity contribution in [3.8, 4) is 0 Å². The first-order valence-corrected chi connectivity index (χ1v) is 7.76. The lowest BCUT2D eigenvalue weighted by Gasteiger charge is -2.34. The highest BCUT2D eigenvalue weighted by atomic mass is 32.2. The predicted molar refractivity (Wildman–Crippen MR) is 80.2 cm³/mol. The Kier molecular flexibility index (Phi) is 5.06. The van der Waals surface area contributed by atoms with E-state index in [1.807, 2.05) is 0 Å². The van der Waals surface area contributed by atoms with Crippen LogP contribution in [-0.4, -0.2) is 46.1 Å². The second kappa shape index (κ2) is 6.80. The average Bonchev–Trinajstić information content (AvgIpc) is 2.44. The van der Waals surface area contributed by atoms with Crippen molar-refractivity contribution in [3.05, 3.63) is 29.6 Å². The van der Waals surface area contributed by atoms with E-state index >= 15 is 0 Å². The lowest BCUT2D eigenvalue weighted by molar-refractivity contribution is -0.137. The number of nitrogens with zero attached hydrogens (tertiary/aromatic N) is 1. The van der Waals surface area contributed by atoms with E-state index in [1.54, 1.807) is 24.8 Å². The fraction of sp³-hybridized carbons (Fsp3) is 0.429. The maximum absolute atomic E-state index is 13.5. The van der Waals surface area contributed by atoms with Crippen LogP contribution < -0.4 is 5.32 Å². The van der Waals surface area contributed by atoms with E-state index < -0.39 is 5.97 Å². The monoisotopic (exact) mass is 312 g/mol. The van der Waals surface area contributed by atoms with E-state index in [0.29, 0.717) is 23.5 Å². The molecule has 2 rings (SSSR count). The third kappa shape index (κ3) is 3.87. The van der Waals surface area contributed by atoms with Crippen molar-refractivity contribution in [2.45, 2.75) is 19.4 Å². The van der Waals surface area contributed by atoms with Gasteiger partial charge in [-0.1, -0.05) is 6.07 Å². The van der Waals surface area contributed by atoms with E-state index in [2.05, 4.69) is 5.32 Å². The predicted octanol–water partition coefficient (Wildman–Crippen LogP) is 2.56. The van der Waals surface area contributed by atoms with Gasteiger partial charge in [-0.2, -0.15) is 11.8 Å². The van der Waals surface area contributed by atoms with E-state index in [0.717, 1.165) is 5.75 Å². The number of thioether (sulfide) groups is 1. The first-order valence-electron chi connectivity index (χ1n) is 6.61. The molecule has 1 saturated heterocycles. The van der Waals surface area contributed by atoms with Crippen LogP contribution in [0, 0.1) is 12.7 Å². The highest BCUT2D eigenvalue weighted by Crippen LogP contribution is 2.22. The highest BCUT2D eigenvalue weighted by Gasteiger charge is 2.29. The first kappa shape index (κ1) is 15.6. The number of urea groups is 1. The number of hydrogen-bond acceptors (Lipinski definition) is 3. The van der Waals surface area contributed by atoms with Crippen LogP contribution in [-0.2, 0) is 4.79 Å². The van der Waals surface area contributed by atoms with Crippen LogP contribution in [0.2, 0.25) is 0 Å². The smallest absolute Gasteiger partial charge is 0.322 e. The molecule has 5 nitrogen and oxygen atoms in total. The minimum Gasteiger partial charge on any atom is -0.481 e. The number of nitrogens with one attached hydrogen (secondary N) is 1. The molecule has 114 valence electrons. The summed E-state index contributed by atoms with van der Waals surface area (Å²) in [6.07, 6.45) is -0.0808. The lowest BCUT2D eigenvalue weighted by atomic mass is 10.2. The zero-order chi connectivity index (χ0) is 15.4. The summed E-state index contributed by atoms with van der Waals surface area (Å²) in [5.74, 6) is 0.0550. The Labute approximate surface area is 126 Å². The Morgan fingerprint density at radius 1 is 1.52 bits per heavy atom. The third-order valence-corrected chi connectivity index (χ3v) is 4.50. The van der Waals surface area contributed by atoms with Crippen molar-refractivity contribution in [1.82, 2.24) is 4.90 Å². The molecule has 1 atom stereocenters. The molecule has 0 aromatic heterocycles. The molecule has 0 bridgehead atoms. The molecule has 1 aliphatic heterocycles. The summed E-state index contributed by atoms with van der Waals surface area (Å²) in [6, 6.07) is 3.76. The van der Waals surface area contributed by atoms with E-state index in [9.17, 15) is 14.0 Å². The summed E-state index contributed by atoms with van der Waals surface area (Å²) in [6.45, 7) is 2.08. The molecule has 7 heteroatoms. The van der Waals surface area contributed by atoms with Gasteiger partial charge >= 0.3 is 12.0 Å². The Morgan fingerprint density at radius 3 is 3.00 bits per heavy atom. The van der Waals surface area contributed by atoms with Gasteiger partial charge in [-0.3, -0.25) is 4.79 Å². The molecular formula is C14H17FN2O3S. The molecule has 1 unspecified atom stereocenters. The van der Waals surface area contributed by atoms with Gasteiger partial charge in [-0.15, -0.1) is 0 Å². The molecule has 0 aliphatic carbocycles. The first-order chi connectivity index (χ1) is 9.99. The number of aliphatic carboxylic acids is 1. The fourth-order valence-corrected chi connectivity index (χ4v) is 3.29. The summed E-state index contributed by atoms with van der Waals surface area (Å²) < 4.78 is 13.5. The van der Waals surface area contributed by atoms with Crippen LogP contribution in [0.4, 0.5) is 14.9 Å². The largest absolute Gasteiger partial charge is 0.481 e. The number of carboxylic acid groups (broad SMARTS) is 1. The minimum atomic E-state index is -0.928. The van der Waals surface area contributed by atoms with Gasteiger partial charge in [0.05, 0.1) is 12.5 Å². The van der Waals surface area contributed by atoms with Gasteiger partial charge in [-0.25, -0.2) is 9.18 Å². The van der Waals surface area contributed by atoms with Gasteiger partial charge in [-0.05, 0) is 19.1 Å². The molecule has 1 heterocycles. The number of rotatable bonds is 3. The van der Waals surface area contributed by atoms with Gasteiger partial charge < -0.3 is 15.3 Å². The second-order valence-corrected chi connectivity index (χ2v) is 6.01. The molecular weight excluding hydrogens is 295 g/mol. The van der Waals surface area contributed by atoms with Crippen molar-refractivity contribution in [2.24, 2.45) is 0 Å². The van der Waals surface area contributed by atoms with Crippen molar-refractivity contribution in [3.63, 3.8) is 0 Å². The number of amides is 2. The fourth-order valence-electron chi connectivity index (χ4n) is 2.22. The second-order valence-electron chi connectivity index (χ2n) is 4.86. The standard InChI is InChI=1S/C14H17FN2O3S/c1-9-11(15)3-2-4-12(9)16-14(20)17-5-6-21-8-10(17)7-13(18)19/h2-4,10H,5-8H2,1H3,(H,16,20)(H,18,19). The quantitative estimate of drug-likeness (QED) is 0.900. The van der Waals surface area contributed by atoms with E-state index in [-0.39, 0.29) is 24.3 Å². The summed E-state index contributed by atoms with van der Waals surface area (Å²) in [7, 11) is 0. The summed E-state index contributed by atoms with van der Waals surface area (Å²) in [5.41, 5.74) is 0.777. The zero-order valence-electron chi connectivity index (χ0n) is 11.6. The van der Waals surface area contributed by atoms with E-state index in [1.165, 1.54) is 17.0 Å². The lowest BCUT2D eigenvalue weighted by Crippen LogP contribution is -2.49. The van der Waals surface area contributed by atoms with Gasteiger partial charge in [0.25, 0.3) is 0 Å². The number of anilines is 1. The summed E-state index contributed by atoms with van der Waals surface area (Å²) in [4.78, 5) is 24.7. The minimum absolute atomic E-state index is 0.0808. The van der Waals surface area contributed by atoms with Crippen LogP contribution in [0.3, 0.4) is 0 Å². The van der Waals surface area contributed by atoms with Crippen molar-refractivity contribution in [1.29, 1.82) is 0 Å². The Balaban J connectivity index is 2.10. The summed E-state index contributed by atoms with van der Waals surface area (Å²) in [5, 5.41) is 11.6. The number of carbonyl (C=O) groups is 2. The van der Waals surface area contributed by atoms with E-state index in [4.69, 9.17) is 5.11 Å². The number of hydrogen-bond donors (Lipinski definition) is 2. The van der Waals surface area contributed by atoms with Crippen molar-refractivity contribution >= 4 is 29.4 Å². The van der Waals surface area contributed by atoms with Crippen LogP contribution in [0.25, 0.3) is 0 Å². The van der Waals surface area contributed by atoms with Gasteiger partial charge in [0.15, 0.2) is 0 Å². The number of benzene rings is 1. The van der Waals surface area contributed by atoms with Gasteiger partial charge in [0.1, 0.15) is 5.82 Å². The zero-order valence-corrected chi connectivity index (χ0v) is 12.5. The Bertz CT molecular complexity index is 553.